The summed E-state index contributed by atoms with van der Waals surface area (Å²) in [6.07, 6.45) is 0. The maximum atomic E-state index is 13.2. The van der Waals surface area contributed by atoms with Gasteiger partial charge in [-0.05, 0) is 62.7 Å². The highest BCUT2D eigenvalue weighted by Crippen LogP contribution is 2.17. The Hall–Kier alpha value is -2.36. The van der Waals surface area contributed by atoms with Crippen LogP contribution in [0.5, 0.6) is 0 Å². The summed E-state index contributed by atoms with van der Waals surface area (Å²) < 4.78 is 13.2. The second-order valence-electron chi connectivity index (χ2n) is 8.76. The number of benzene rings is 2. The van der Waals surface area contributed by atoms with Crippen LogP contribution in [0.1, 0.15) is 36.7 Å². The zero-order valence-electron chi connectivity index (χ0n) is 19.2. The number of rotatable bonds is 4. The predicted molar refractivity (Wildman–Crippen MR) is 139 cm³/mol. The molecule has 0 saturated carbocycles. The van der Waals surface area contributed by atoms with Crippen molar-refractivity contribution in [3.63, 3.8) is 0 Å². The van der Waals surface area contributed by atoms with E-state index in [9.17, 15) is 9.18 Å². The molecule has 1 aliphatic heterocycles. The van der Waals surface area contributed by atoms with Crippen molar-refractivity contribution in [3.8, 4) is 0 Å². The number of nitrogens with one attached hydrogen (secondary N) is 2. The third-order valence-electron chi connectivity index (χ3n) is 5.11. The summed E-state index contributed by atoms with van der Waals surface area (Å²) in [5.41, 5.74) is 2.43. The molecule has 3 rings (SSSR count). The first-order valence-corrected chi connectivity index (χ1v) is 10.6. The molecule has 2 N–H and O–H groups in total. The Morgan fingerprint density at radius 1 is 1.06 bits per heavy atom. The molecular weight excluding hydrogens is 520 g/mol. The average Bonchev–Trinajstić information content (AvgIpc) is 2.74. The van der Waals surface area contributed by atoms with Crippen molar-refractivity contribution in [2.45, 2.75) is 32.9 Å². The lowest BCUT2D eigenvalue weighted by atomic mass is 10.1. The minimum Gasteiger partial charge on any atom is -0.368 e. The van der Waals surface area contributed by atoms with Crippen LogP contribution in [-0.2, 0) is 6.54 Å². The summed E-state index contributed by atoms with van der Waals surface area (Å²) in [7, 11) is 1.78. The van der Waals surface area contributed by atoms with E-state index in [1.165, 1.54) is 12.1 Å². The van der Waals surface area contributed by atoms with E-state index in [4.69, 9.17) is 0 Å². The lowest BCUT2D eigenvalue weighted by Crippen LogP contribution is -2.52. The standard InChI is InChI=1S/C24H32FN5O.HI/c1-24(2,3)28-22(31)19-7-5-6-18(16-19)17-27-23(26-4)30-14-12-29(13-15-30)21-10-8-20(25)9-11-21;/h5-11,16H,12-15,17H2,1-4H3,(H,26,27)(H,28,31);1H. The van der Waals surface area contributed by atoms with Crippen molar-refractivity contribution < 1.29 is 9.18 Å². The van der Waals surface area contributed by atoms with Crippen molar-refractivity contribution in [2.24, 2.45) is 4.99 Å². The Morgan fingerprint density at radius 3 is 2.31 bits per heavy atom. The van der Waals surface area contributed by atoms with Crippen LogP contribution in [0.4, 0.5) is 10.1 Å². The molecule has 0 spiro atoms. The molecule has 2 aromatic carbocycles. The summed E-state index contributed by atoms with van der Waals surface area (Å²) >= 11 is 0. The van der Waals surface area contributed by atoms with Crippen molar-refractivity contribution in [1.82, 2.24) is 15.5 Å². The van der Waals surface area contributed by atoms with E-state index < -0.39 is 0 Å². The van der Waals surface area contributed by atoms with Gasteiger partial charge < -0.3 is 20.4 Å². The fourth-order valence-corrected chi connectivity index (χ4v) is 3.58. The van der Waals surface area contributed by atoms with Gasteiger partial charge in [0.2, 0.25) is 0 Å². The van der Waals surface area contributed by atoms with Crippen molar-refractivity contribution >= 4 is 41.5 Å². The van der Waals surface area contributed by atoms with Crippen LogP contribution in [0.3, 0.4) is 0 Å². The highest BCUT2D eigenvalue weighted by Gasteiger charge is 2.20. The number of hydrogen-bond acceptors (Lipinski definition) is 3. The van der Waals surface area contributed by atoms with E-state index >= 15 is 0 Å². The average molecular weight is 553 g/mol. The third-order valence-corrected chi connectivity index (χ3v) is 5.11. The Morgan fingerprint density at radius 2 is 1.72 bits per heavy atom. The summed E-state index contributed by atoms with van der Waals surface area (Å²) in [5, 5.41) is 6.40. The molecule has 1 fully saturated rings. The van der Waals surface area contributed by atoms with Gasteiger partial charge in [-0.2, -0.15) is 0 Å². The Labute approximate surface area is 207 Å². The molecular formula is C24H33FIN5O. The topological polar surface area (TPSA) is 60.0 Å². The van der Waals surface area contributed by atoms with Crippen molar-refractivity contribution in [3.05, 3.63) is 65.5 Å². The number of carbonyl (C=O) groups is 1. The maximum absolute atomic E-state index is 13.2. The maximum Gasteiger partial charge on any atom is 0.251 e. The molecule has 0 aromatic heterocycles. The third kappa shape index (κ3) is 7.36. The van der Waals surface area contributed by atoms with Gasteiger partial charge in [0.05, 0.1) is 0 Å². The second-order valence-corrected chi connectivity index (χ2v) is 8.76. The van der Waals surface area contributed by atoms with E-state index in [-0.39, 0.29) is 41.2 Å². The quantitative estimate of drug-likeness (QED) is 0.343. The number of halogens is 2. The molecule has 0 bridgehead atoms. The number of hydrogen-bond donors (Lipinski definition) is 2. The number of anilines is 1. The van der Waals surface area contributed by atoms with Crippen molar-refractivity contribution in [2.75, 3.05) is 38.1 Å². The number of carbonyl (C=O) groups excluding carboxylic acids is 1. The molecule has 174 valence electrons. The van der Waals surface area contributed by atoms with Crippen LogP contribution < -0.4 is 15.5 Å². The molecule has 0 atom stereocenters. The largest absolute Gasteiger partial charge is 0.368 e. The minimum absolute atomic E-state index is 0. The van der Waals surface area contributed by atoms with E-state index in [1.807, 2.05) is 57.2 Å². The van der Waals surface area contributed by atoms with Gasteiger partial charge in [0.25, 0.3) is 5.91 Å². The lowest BCUT2D eigenvalue weighted by Gasteiger charge is -2.37. The second kappa shape index (κ2) is 11.5. The Bertz CT molecular complexity index is 919. The summed E-state index contributed by atoms with van der Waals surface area (Å²) in [4.78, 5) is 21.3. The monoisotopic (exact) mass is 553 g/mol. The first-order valence-electron chi connectivity index (χ1n) is 10.6. The molecule has 1 saturated heterocycles. The smallest absolute Gasteiger partial charge is 0.251 e. The van der Waals surface area contributed by atoms with Gasteiger partial charge in [-0.15, -0.1) is 24.0 Å². The molecule has 6 nitrogen and oxygen atoms in total. The van der Waals surface area contributed by atoms with Gasteiger partial charge in [0.1, 0.15) is 5.82 Å². The molecule has 0 radical (unpaired) electrons. The summed E-state index contributed by atoms with van der Waals surface area (Å²) in [6, 6.07) is 14.3. The van der Waals surface area contributed by atoms with Gasteiger partial charge in [-0.3, -0.25) is 9.79 Å². The van der Waals surface area contributed by atoms with Crippen LogP contribution in [0.25, 0.3) is 0 Å². The van der Waals surface area contributed by atoms with Crippen LogP contribution in [-0.4, -0.2) is 55.5 Å². The van der Waals surface area contributed by atoms with Crippen LogP contribution in [0.15, 0.2) is 53.5 Å². The normalized spacial score (nSPS) is 14.6. The SMILES string of the molecule is CN=C(NCc1cccc(C(=O)NC(C)(C)C)c1)N1CCN(c2ccc(F)cc2)CC1.I. The van der Waals surface area contributed by atoms with E-state index in [1.54, 1.807) is 7.05 Å². The first-order chi connectivity index (χ1) is 14.7. The van der Waals surface area contributed by atoms with Crippen LogP contribution in [0, 0.1) is 5.82 Å². The fourth-order valence-electron chi connectivity index (χ4n) is 3.58. The van der Waals surface area contributed by atoms with Crippen LogP contribution >= 0.6 is 24.0 Å². The fraction of sp³-hybridized carbons (Fsp3) is 0.417. The minimum atomic E-state index is -0.274. The van der Waals surface area contributed by atoms with E-state index in [2.05, 4.69) is 25.4 Å². The molecule has 32 heavy (non-hydrogen) atoms. The van der Waals surface area contributed by atoms with Gasteiger partial charge >= 0.3 is 0 Å². The molecule has 0 aliphatic carbocycles. The Balaban J connectivity index is 0.00000363. The molecule has 1 aliphatic rings. The molecule has 8 heteroatoms. The molecule has 2 aromatic rings. The molecule has 1 amide bonds. The number of piperazine rings is 1. The lowest BCUT2D eigenvalue weighted by molar-refractivity contribution is 0.0919. The number of aliphatic imine (C=N–C) groups is 1. The van der Waals surface area contributed by atoms with E-state index in [0.717, 1.165) is 43.4 Å². The summed E-state index contributed by atoms with van der Waals surface area (Å²) in [5.74, 6) is 0.547. The number of guanidine groups is 1. The van der Waals surface area contributed by atoms with Gasteiger partial charge in [-0.1, -0.05) is 12.1 Å². The zero-order chi connectivity index (χ0) is 22.4. The highest BCUT2D eigenvalue weighted by atomic mass is 127. The predicted octanol–water partition coefficient (Wildman–Crippen LogP) is 3.87. The first kappa shape index (κ1) is 25.9. The van der Waals surface area contributed by atoms with E-state index in [0.29, 0.717) is 12.1 Å². The van der Waals surface area contributed by atoms with Gasteiger partial charge in [-0.25, -0.2) is 4.39 Å². The Kier molecular flexibility index (Phi) is 9.30. The molecule has 1 heterocycles. The zero-order valence-corrected chi connectivity index (χ0v) is 21.5. The number of nitrogens with zero attached hydrogens (tertiary/aromatic N) is 3. The van der Waals surface area contributed by atoms with Gasteiger partial charge in [0.15, 0.2) is 5.96 Å². The highest BCUT2D eigenvalue weighted by molar-refractivity contribution is 14.0. The molecule has 0 unspecified atom stereocenters. The van der Waals surface area contributed by atoms with Crippen LogP contribution in [0.2, 0.25) is 0 Å². The number of amides is 1. The summed E-state index contributed by atoms with van der Waals surface area (Å²) in [6.45, 7) is 9.82. The van der Waals surface area contributed by atoms with Crippen molar-refractivity contribution in [1.29, 1.82) is 0 Å². The van der Waals surface area contributed by atoms with Gasteiger partial charge in [0, 0.05) is 56.6 Å².